The fourth-order valence-electron chi connectivity index (χ4n) is 1.34. The summed E-state index contributed by atoms with van der Waals surface area (Å²) in [4.78, 5) is 16.2. The zero-order chi connectivity index (χ0) is 15.1. The largest absolute Gasteiger partial charge is 0.442 e. The number of carbonyl (C=O) groups is 1. The molecule has 1 aliphatic rings. The van der Waals surface area contributed by atoms with Crippen LogP contribution in [0.1, 0.15) is 34.6 Å². The summed E-state index contributed by atoms with van der Waals surface area (Å²) in [6.07, 6.45) is -0.796. The van der Waals surface area contributed by atoms with Gasteiger partial charge < -0.3 is 19.9 Å². The summed E-state index contributed by atoms with van der Waals surface area (Å²) in [5.41, 5.74) is 6.16. The quantitative estimate of drug-likeness (QED) is 0.753. The van der Waals surface area contributed by atoms with Crippen LogP contribution in [0.5, 0.6) is 0 Å². The maximum atomic E-state index is 11.2. The molecule has 1 heterocycles. The number of hydrogen-bond acceptors (Lipinski definition) is 6. The molecule has 1 amide bonds. The number of ether oxygens (including phenoxy) is 3. The number of hydroxylamine groups is 1. The molecule has 19 heavy (non-hydrogen) atoms. The third-order valence-electron chi connectivity index (χ3n) is 1.89. The van der Waals surface area contributed by atoms with Crippen LogP contribution in [0, 0.1) is 0 Å². The minimum Gasteiger partial charge on any atom is -0.442 e. The minimum atomic E-state index is -0.615. The Morgan fingerprint density at radius 2 is 2.00 bits per heavy atom. The summed E-state index contributed by atoms with van der Waals surface area (Å²) in [5.74, 6) is -0.583. The maximum absolute atomic E-state index is 11.2. The van der Waals surface area contributed by atoms with Gasteiger partial charge in [-0.25, -0.2) is 4.79 Å². The molecule has 1 rings (SSSR count). The second kappa shape index (κ2) is 7.64. The Labute approximate surface area is 114 Å². The Morgan fingerprint density at radius 1 is 1.42 bits per heavy atom. The first-order valence-corrected chi connectivity index (χ1v) is 6.18. The highest BCUT2D eigenvalue weighted by atomic mass is 16.8. The number of hydrogen-bond donors (Lipinski definition) is 2. The van der Waals surface area contributed by atoms with E-state index in [1.165, 1.54) is 7.05 Å². The first kappa shape index (κ1) is 18.1. The number of nitrogens with one attached hydrogen (secondary N) is 1. The maximum Gasteiger partial charge on any atom is 0.431 e. The van der Waals surface area contributed by atoms with Crippen molar-refractivity contribution in [3.8, 4) is 0 Å². The van der Waals surface area contributed by atoms with Crippen LogP contribution in [0.4, 0.5) is 4.79 Å². The zero-order valence-corrected chi connectivity index (χ0v) is 12.6. The van der Waals surface area contributed by atoms with Crippen molar-refractivity contribution in [3.05, 3.63) is 0 Å². The van der Waals surface area contributed by atoms with Gasteiger partial charge in [-0.3, -0.25) is 4.84 Å². The molecule has 0 bridgehead atoms. The normalized spacial score (nSPS) is 21.3. The van der Waals surface area contributed by atoms with Gasteiger partial charge in [0.05, 0.1) is 6.61 Å². The molecular weight excluding hydrogens is 252 g/mol. The summed E-state index contributed by atoms with van der Waals surface area (Å²) in [5, 5.41) is 0. The lowest BCUT2D eigenvalue weighted by atomic mass is 10.2. The van der Waals surface area contributed by atoms with Gasteiger partial charge in [0.15, 0.2) is 5.79 Å². The van der Waals surface area contributed by atoms with Crippen molar-refractivity contribution in [2.45, 2.75) is 52.1 Å². The monoisotopic (exact) mass is 278 g/mol. The second-order valence-electron chi connectivity index (χ2n) is 5.37. The van der Waals surface area contributed by atoms with Crippen LogP contribution >= 0.6 is 0 Å². The Morgan fingerprint density at radius 3 is 2.42 bits per heavy atom. The van der Waals surface area contributed by atoms with E-state index in [0.29, 0.717) is 6.61 Å². The molecule has 1 unspecified atom stereocenters. The van der Waals surface area contributed by atoms with Gasteiger partial charge in [-0.15, -0.1) is 0 Å². The van der Waals surface area contributed by atoms with Gasteiger partial charge in [0.1, 0.15) is 18.3 Å². The minimum absolute atomic E-state index is 0.181. The van der Waals surface area contributed by atoms with Crippen molar-refractivity contribution in [2.24, 2.45) is 5.73 Å². The van der Waals surface area contributed by atoms with E-state index in [-0.39, 0.29) is 12.7 Å². The molecule has 1 atom stereocenters. The molecule has 7 heteroatoms. The average Bonchev–Trinajstić information content (AvgIpc) is 2.58. The Kier molecular flexibility index (Phi) is 7.28. The van der Waals surface area contributed by atoms with Gasteiger partial charge in [0.2, 0.25) is 0 Å². The Bertz CT molecular complexity index is 276. The molecule has 7 nitrogen and oxygen atoms in total. The van der Waals surface area contributed by atoms with Crippen LogP contribution in [0.3, 0.4) is 0 Å². The van der Waals surface area contributed by atoms with Gasteiger partial charge in [-0.2, -0.15) is 5.48 Å². The van der Waals surface area contributed by atoms with Gasteiger partial charge in [0.25, 0.3) is 0 Å². The lowest BCUT2D eigenvalue weighted by Gasteiger charge is -2.20. The number of rotatable bonds is 3. The van der Waals surface area contributed by atoms with Crippen LogP contribution in [0.2, 0.25) is 0 Å². The topological polar surface area (TPSA) is 92.0 Å². The summed E-state index contributed by atoms with van der Waals surface area (Å²) < 4.78 is 15.8. The molecule has 0 aliphatic carbocycles. The van der Waals surface area contributed by atoms with Crippen LogP contribution in [-0.2, 0) is 19.0 Å². The van der Waals surface area contributed by atoms with Crippen molar-refractivity contribution >= 4 is 6.09 Å². The molecule has 114 valence electrons. The summed E-state index contributed by atoms with van der Waals surface area (Å²) in [6, 6.07) is 0. The van der Waals surface area contributed by atoms with E-state index < -0.39 is 17.5 Å². The van der Waals surface area contributed by atoms with Crippen molar-refractivity contribution < 1.29 is 23.8 Å². The summed E-state index contributed by atoms with van der Waals surface area (Å²) >= 11 is 0. The highest BCUT2D eigenvalue weighted by Crippen LogP contribution is 2.22. The highest BCUT2D eigenvalue weighted by Gasteiger charge is 2.32. The Balaban J connectivity index is 0.00000154. The lowest BCUT2D eigenvalue weighted by molar-refractivity contribution is -0.148. The van der Waals surface area contributed by atoms with E-state index in [1.54, 1.807) is 20.8 Å². The van der Waals surface area contributed by atoms with Crippen molar-refractivity contribution in [3.63, 3.8) is 0 Å². The van der Waals surface area contributed by atoms with E-state index in [1.807, 2.05) is 13.8 Å². The first-order chi connectivity index (χ1) is 8.68. The standard InChI is InChI=1S/C11H21NO5.CH5N/c1-10(2,3)17-9(13)12-15-7-8-6-14-11(4,5)16-8;1-2/h8H,6-7H2,1-5H3,(H,12,13);2H2,1H3. The molecule has 0 aromatic rings. The fourth-order valence-corrected chi connectivity index (χ4v) is 1.34. The molecule has 1 fully saturated rings. The first-order valence-electron chi connectivity index (χ1n) is 6.18. The van der Waals surface area contributed by atoms with Crippen molar-refractivity contribution in [2.75, 3.05) is 20.3 Å². The molecule has 3 N–H and O–H groups in total. The predicted octanol–water partition coefficient (Wildman–Crippen LogP) is 1.17. The van der Waals surface area contributed by atoms with E-state index in [4.69, 9.17) is 19.0 Å². The van der Waals surface area contributed by atoms with Gasteiger partial charge in [-0.1, -0.05) is 0 Å². The number of amides is 1. The van der Waals surface area contributed by atoms with E-state index >= 15 is 0 Å². The van der Waals surface area contributed by atoms with Gasteiger partial charge in [0, 0.05) is 0 Å². The lowest BCUT2D eigenvalue weighted by Crippen LogP contribution is -2.35. The highest BCUT2D eigenvalue weighted by molar-refractivity contribution is 5.66. The number of nitrogens with two attached hydrogens (primary N) is 1. The smallest absolute Gasteiger partial charge is 0.431 e. The Hall–Kier alpha value is -0.890. The van der Waals surface area contributed by atoms with Crippen molar-refractivity contribution in [1.29, 1.82) is 0 Å². The SMILES string of the molecule is CC(C)(C)OC(=O)NOCC1COC(C)(C)O1.CN. The van der Waals surface area contributed by atoms with E-state index in [2.05, 4.69) is 11.2 Å². The molecule has 0 spiro atoms. The van der Waals surface area contributed by atoms with Gasteiger partial charge >= 0.3 is 6.09 Å². The van der Waals surface area contributed by atoms with Crippen LogP contribution in [0.25, 0.3) is 0 Å². The fraction of sp³-hybridized carbons (Fsp3) is 0.917. The predicted molar refractivity (Wildman–Crippen MR) is 70.3 cm³/mol. The zero-order valence-electron chi connectivity index (χ0n) is 12.6. The molecule has 0 aromatic carbocycles. The van der Waals surface area contributed by atoms with Gasteiger partial charge in [-0.05, 0) is 41.7 Å². The van der Waals surface area contributed by atoms with Crippen molar-refractivity contribution in [1.82, 2.24) is 5.48 Å². The molecule has 1 aliphatic heterocycles. The third kappa shape index (κ3) is 8.77. The molecule has 0 saturated carbocycles. The van der Waals surface area contributed by atoms with E-state index in [0.717, 1.165) is 0 Å². The molecule has 1 saturated heterocycles. The third-order valence-corrected chi connectivity index (χ3v) is 1.89. The molecular formula is C12H26N2O5. The van der Waals surface area contributed by atoms with Crippen LogP contribution in [0.15, 0.2) is 0 Å². The second-order valence-corrected chi connectivity index (χ2v) is 5.37. The summed E-state index contributed by atoms with van der Waals surface area (Å²) in [7, 11) is 1.50. The van der Waals surface area contributed by atoms with Crippen LogP contribution < -0.4 is 11.2 Å². The summed E-state index contributed by atoms with van der Waals surface area (Å²) in [6.45, 7) is 9.67. The molecule has 0 radical (unpaired) electrons. The van der Waals surface area contributed by atoms with Crippen LogP contribution in [-0.4, -0.2) is 43.8 Å². The average molecular weight is 278 g/mol. The number of carbonyl (C=O) groups excluding carboxylic acids is 1. The molecule has 0 aromatic heterocycles. The van der Waals surface area contributed by atoms with E-state index in [9.17, 15) is 4.79 Å².